The first-order chi connectivity index (χ1) is 15.0. The van der Waals surface area contributed by atoms with Gasteiger partial charge < -0.3 is 9.64 Å². The summed E-state index contributed by atoms with van der Waals surface area (Å²) in [6.07, 6.45) is 1.66. The second-order valence-electron chi connectivity index (χ2n) is 7.28. The molecule has 1 amide bonds. The lowest BCUT2D eigenvalue weighted by atomic mass is 10.2. The van der Waals surface area contributed by atoms with Crippen LogP contribution in [0, 0.1) is 11.6 Å². The van der Waals surface area contributed by atoms with Crippen LogP contribution in [0.2, 0.25) is 5.02 Å². The summed E-state index contributed by atoms with van der Waals surface area (Å²) in [5.74, 6) is -0.485. The summed E-state index contributed by atoms with van der Waals surface area (Å²) < 4.78 is 33.3. The molecule has 0 radical (unpaired) electrons. The molecule has 0 spiro atoms. The Morgan fingerprint density at radius 2 is 1.77 bits per heavy atom. The van der Waals surface area contributed by atoms with E-state index in [1.54, 1.807) is 29.3 Å². The average molecular weight is 447 g/mol. The van der Waals surface area contributed by atoms with Crippen LogP contribution in [0.15, 0.2) is 54.7 Å². The van der Waals surface area contributed by atoms with Crippen molar-refractivity contribution in [3.05, 3.63) is 82.6 Å². The van der Waals surface area contributed by atoms with E-state index < -0.39 is 5.82 Å². The summed E-state index contributed by atoms with van der Waals surface area (Å²) in [5.41, 5.74) is 1.38. The Bertz CT molecular complexity index is 1050. The number of nitrogens with zero attached hydrogens (tertiary/aromatic N) is 4. The lowest BCUT2D eigenvalue weighted by Crippen LogP contribution is -2.48. The maximum atomic E-state index is 13.2. The van der Waals surface area contributed by atoms with Crippen molar-refractivity contribution in [3.63, 3.8) is 0 Å². The molecule has 0 saturated carbocycles. The van der Waals surface area contributed by atoms with E-state index in [2.05, 4.69) is 10.00 Å². The standard InChI is InChI=1S/C22H21ClF2N4O2/c23-19-13-18(5-6-20(19)25)31-15-29-8-7-21(26-29)22(30)28-11-9-27(10-12-28)14-16-1-3-17(24)4-2-16/h1-8,13H,9-12,14-15H2. The van der Waals surface area contributed by atoms with Gasteiger partial charge in [-0.05, 0) is 35.9 Å². The van der Waals surface area contributed by atoms with Crippen LogP contribution in [-0.4, -0.2) is 51.7 Å². The van der Waals surface area contributed by atoms with Crippen molar-refractivity contribution in [3.8, 4) is 5.75 Å². The fraction of sp³-hybridized carbons (Fsp3) is 0.273. The molecule has 0 unspecified atom stereocenters. The van der Waals surface area contributed by atoms with E-state index in [9.17, 15) is 13.6 Å². The number of benzene rings is 2. The van der Waals surface area contributed by atoms with Crippen LogP contribution in [-0.2, 0) is 13.3 Å². The Balaban J connectivity index is 1.27. The second kappa shape index (κ2) is 9.45. The van der Waals surface area contributed by atoms with E-state index >= 15 is 0 Å². The second-order valence-corrected chi connectivity index (χ2v) is 7.69. The number of rotatable bonds is 6. The number of carbonyl (C=O) groups is 1. The van der Waals surface area contributed by atoms with Gasteiger partial charge in [-0.2, -0.15) is 5.10 Å². The number of halogens is 3. The minimum atomic E-state index is -0.515. The quantitative estimate of drug-likeness (QED) is 0.578. The summed E-state index contributed by atoms with van der Waals surface area (Å²) in [7, 11) is 0. The maximum Gasteiger partial charge on any atom is 0.274 e. The van der Waals surface area contributed by atoms with Crippen LogP contribution in [0.4, 0.5) is 8.78 Å². The predicted octanol–water partition coefficient (Wildman–Crippen LogP) is 3.81. The number of hydrogen-bond donors (Lipinski definition) is 0. The average Bonchev–Trinajstić information content (AvgIpc) is 3.25. The number of aromatic nitrogens is 2. The Hall–Kier alpha value is -2.97. The van der Waals surface area contributed by atoms with Crippen molar-refractivity contribution in [2.24, 2.45) is 0 Å². The molecule has 1 aromatic heterocycles. The Kier molecular flexibility index (Phi) is 6.48. The first-order valence-electron chi connectivity index (χ1n) is 9.85. The number of hydrogen-bond acceptors (Lipinski definition) is 4. The summed E-state index contributed by atoms with van der Waals surface area (Å²) >= 11 is 5.74. The van der Waals surface area contributed by atoms with Gasteiger partial charge in [-0.15, -0.1) is 0 Å². The van der Waals surface area contributed by atoms with E-state index in [0.29, 0.717) is 24.5 Å². The highest BCUT2D eigenvalue weighted by atomic mass is 35.5. The zero-order valence-electron chi connectivity index (χ0n) is 16.7. The van der Waals surface area contributed by atoms with Gasteiger partial charge in [-0.3, -0.25) is 9.69 Å². The molecule has 1 fully saturated rings. The highest BCUT2D eigenvalue weighted by Gasteiger charge is 2.23. The summed E-state index contributed by atoms with van der Waals surface area (Å²) in [5, 5.41) is 4.26. The van der Waals surface area contributed by atoms with Crippen LogP contribution < -0.4 is 4.74 Å². The van der Waals surface area contributed by atoms with Crippen molar-refractivity contribution in [2.75, 3.05) is 26.2 Å². The molecule has 0 N–H and O–H groups in total. The molecular weight excluding hydrogens is 426 g/mol. The molecule has 0 aliphatic carbocycles. The van der Waals surface area contributed by atoms with Gasteiger partial charge in [-0.25, -0.2) is 13.5 Å². The van der Waals surface area contributed by atoms with E-state index in [0.717, 1.165) is 25.2 Å². The van der Waals surface area contributed by atoms with Gasteiger partial charge in [0.15, 0.2) is 12.4 Å². The summed E-state index contributed by atoms with van der Waals surface area (Å²) in [4.78, 5) is 16.8. The monoisotopic (exact) mass is 446 g/mol. The van der Waals surface area contributed by atoms with Crippen LogP contribution >= 0.6 is 11.6 Å². The molecule has 2 heterocycles. The topological polar surface area (TPSA) is 50.6 Å². The van der Waals surface area contributed by atoms with Gasteiger partial charge in [0.25, 0.3) is 5.91 Å². The molecule has 9 heteroatoms. The zero-order valence-corrected chi connectivity index (χ0v) is 17.4. The van der Waals surface area contributed by atoms with Crippen molar-refractivity contribution in [2.45, 2.75) is 13.3 Å². The molecule has 1 aliphatic rings. The Labute approximate surface area is 183 Å². The van der Waals surface area contributed by atoms with Crippen molar-refractivity contribution in [1.29, 1.82) is 0 Å². The van der Waals surface area contributed by atoms with Crippen LogP contribution in [0.1, 0.15) is 16.1 Å². The SMILES string of the molecule is O=C(c1ccn(COc2ccc(F)c(Cl)c2)n1)N1CCN(Cc2ccc(F)cc2)CC1. The fourth-order valence-corrected chi connectivity index (χ4v) is 3.54. The Morgan fingerprint density at radius 1 is 1.03 bits per heavy atom. The molecule has 2 aromatic carbocycles. The van der Waals surface area contributed by atoms with E-state index in [1.165, 1.54) is 35.0 Å². The normalized spacial score (nSPS) is 14.6. The lowest BCUT2D eigenvalue weighted by Gasteiger charge is -2.34. The summed E-state index contributed by atoms with van der Waals surface area (Å²) in [6, 6.07) is 12.2. The van der Waals surface area contributed by atoms with Crippen LogP contribution in [0.25, 0.3) is 0 Å². The van der Waals surface area contributed by atoms with Gasteiger partial charge in [0.05, 0.1) is 5.02 Å². The minimum absolute atomic E-state index is 0.0209. The first-order valence-corrected chi connectivity index (χ1v) is 10.2. The maximum absolute atomic E-state index is 13.2. The lowest BCUT2D eigenvalue weighted by molar-refractivity contribution is 0.0620. The molecular formula is C22H21ClF2N4O2. The largest absolute Gasteiger partial charge is 0.471 e. The van der Waals surface area contributed by atoms with E-state index in [-0.39, 0.29) is 23.5 Å². The minimum Gasteiger partial charge on any atom is -0.471 e. The molecule has 1 saturated heterocycles. The van der Waals surface area contributed by atoms with Crippen molar-refractivity contribution < 1.29 is 18.3 Å². The van der Waals surface area contributed by atoms with Crippen molar-refractivity contribution >= 4 is 17.5 Å². The third-order valence-electron chi connectivity index (χ3n) is 5.09. The first kappa shape index (κ1) is 21.3. The van der Waals surface area contributed by atoms with Gasteiger partial charge in [0.2, 0.25) is 0 Å². The highest BCUT2D eigenvalue weighted by molar-refractivity contribution is 6.30. The molecule has 3 aromatic rings. The van der Waals surface area contributed by atoms with Gasteiger partial charge in [0.1, 0.15) is 17.4 Å². The number of amides is 1. The highest BCUT2D eigenvalue weighted by Crippen LogP contribution is 2.21. The van der Waals surface area contributed by atoms with Crippen molar-refractivity contribution in [1.82, 2.24) is 19.6 Å². The molecule has 162 valence electrons. The zero-order chi connectivity index (χ0) is 21.8. The van der Waals surface area contributed by atoms with E-state index in [1.807, 2.05) is 0 Å². The smallest absolute Gasteiger partial charge is 0.274 e. The molecule has 0 bridgehead atoms. The van der Waals surface area contributed by atoms with Gasteiger partial charge in [0, 0.05) is 45.0 Å². The molecule has 6 nitrogen and oxygen atoms in total. The third-order valence-corrected chi connectivity index (χ3v) is 5.38. The number of ether oxygens (including phenoxy) is 1. The summed E-state index contributed by atoms with van der Waals surface area (Å²) in [6.45, 7) is 3.45. The third kappa shape index (κ3) is 5.39. The van der Waals surface area contributed by atoms with Crippen LogP contribution in [0.3, 0.4) is 0 Å². The van der Waals surface area contributed by atoms with Gasteiger partial charge in [-0.1, -0.05) is 23.7 Å². The molecule has 4 rings (SSSR count). The van der Waals surface area contributed by atoms with E-state index in [4.69, 9.17) is 16.3 Å². The fourth-order valence-electron chi connectivity index (χ4n) is 3.37. The number of carbonyl (C=O) groups excluding carboxylic acids is 1. The predicted molar refractivity (Wildman–Crippen MR) is 112 cm³/mol. The molecule has 31 heavy (non-hydrogen) atoms. The molecule has 0 atom stereocenters. The van der Waals surface area contributed by atoms with Gasteiger partial charge >= 0.3 is 0 Å². The molecule has 1 aliphatic heterocycles. The number of piperazine rings is 1. The Morgan fingerprint density at radius 3 is 2.48 bits per heavy atom. The van der Waals surface area contributed by atoms with Crippen LogP contribution in [0.5, 0.6) is 5.75 Å².